The second-order valence-corrected chi connectivity index (χ2v) is 10.2. The highest BCUT2D eigenvalue weighted by atomic mass is 16.6. The van der Waals surface area contributed by atoms with Crippen LogP contribution in [-0.2, 0) is 15.0 Å². The van der Waals surface area contributed by atoms with Crippen molar-refractivity contribution in [3.05, 3.63) is 47.4 Å². The predicted molar refractivity (Wildman–Crippen MR) is 132 cm³/mol. The van der Waals surface area contributed by atoms with E-state index in [4.69, 9.17) is 24.9 Å². The topological polar surface area (TPSA) is 121 Å². The molecule has 3 aromatic heterocycles. The summed E-state index contributed by atoms with van der Waals surface area (Å²) in [4.78, 5) is 26.3. The number of hydrogen-bond acceptors (Lipinski definition) is 9. The Balaban J connectivity index is 1.54. The molecule has 1 aliphatic carbocycles. The average Bonchev–Trinajstić information content (AvgIpc) is 3.61. The van der Waals surface area contributed by atoms with E-state index in [0.717, 1.165) is 29.2 Å². The predicted octanol–water partition coefficient (Wildman–Crippen LogP) is 4.18. The number of pyridine rings is 3. The van der Waals surface area contributed by atoms with Gasteiger partial charge in [-0.15, -0.1) is 0 Å². The maximum absolute atomic E-state index is 12.4. The fourth-order valence-corrected chi connectivity index (χ4v) is 4.34. The molecule has 9 heteroatoms. The van der Waals surface area contributed by atoms with Crippen LogP contribution in [0.25, 0.3) is 10.8 Å². The summed E-state index contributed by atoms with van der Waals surface area (Å²) in [5.74, 6) is 1.32. The summed E-state index contributed by atoms with van der Waals surface area (Å²) >= 11 is 0. The van der Waals surface area contributed by atoms with E-state index >= 15 is 0 Å². The van der Waals surface area contributed by atoms with Gasteiger partial charge in [-0.25, -0.2) is 19.7 Å². The van der Waals surface area contributed by atoms with Crippen LogP contribution in [0.1, 0.15) is 68.1 Å². The van der Waals surface area contributed by atoms with Crippen LogP contribution in [0.5, 0.6) is 5.88 Å². The Morgan fingerprint density at radius 3 is 2.69 bits per heavy atom. The third-order valence-electron chi connectivity index (χ3n) is 6.81. The molecule has 0 aromatic carbocycles. The molecule has 1 saturated carbocycles. The number of nitrogens with zero attached hydrogens (tertiary/aromatic N) is 3. The minimum absolute atomic E-state index is 0.0617. The van der Waals surface area contributed by atoms with Gasteiger partial charge in [0.05, 0.1) is 28.8 Å². The van der Waals surface area contributed by atoms with Crippen molar-refractivity contribution in [1.29, 1.82) is 0 Å². The summed E-state index contributed by atoms with van der Waals surface area (Å²) in [6.07, 6.45) is 5.77. The van der Waals surface area contributed by atoms with Gasteiger partial charge >= 0.3 is 5.97 Å². The molecule has 35 heavy (non-hydrogen) atoms. The number of fused-ring (bicyclic) bond motifs is 2. The summed E-state index contributed by atoms with van der Waals surface area (Å²) < 4.78 is 17.0. The SMILES string of the molecule is COC[C@](C)(N)c1cnc(OC2CC2)c2cnc(Nc3ccc4c(n3)[C@@H](C)C(C)(C)OC4=O)cc12. The Labute approximate surface area is 204 Å². The second kappa shape index (κ2) is 8.42. The van der Waals surface area contributed by atoms with Crippen LogP contribution < -0.4 is 15.8 Å². The van der Waals surface area contributed by atoms with Gasteiger partial charge < -0.3 is 25.3 Å². The molecule has 0 radical (unpaired) electrons. The smallest absolute Gasteiger partial charge is 0.340 e. The Hall–Kier alpha value is -3.30. The van der Waals surface area contributed by atoms with E-state index in [-0.39, 0.29) is 18.0 Å². The number of methoxy groups -OCH3 is 1. The van der Waals surface area contributed by atoms with Crippen molar-refractivity contribution in [3.8, 4) is 5.88 Å². The number of anilines is 2. The minimum Gasteiger partial charge on any atom is -0.474 e. The van der Waals surface area contributed by atoms with Crippen molar-refractivity contribution >= 4 is 28.4 Å². The molecule has 2 atom stereocenters. The lowest BCUT2D eigenvalue weighted by Gasteiger charge is -2.36. The van der Waals surface area contributed by atoms with E-state index in [1.54, 1.807) is 31.6 Å². The molecule has 0 amide bonds. The standard InChI is InChI=1S/C26H31N5O4/c1-14-22-16(24(32)35-25(14,2)3)8-9-20(31-22)30-21-10-17-18(11-28-21)23(34-15-6-7-15)29-12-19(17)26(4,27)13-33-5/h8-12,14-15H,6-7,13,27H2,1-5H3,(H,28,30,31)/t14-,26+/m1/s1. The number of aromatic nitrogens is 3. The number of rotatable bonds is 7. The lowest BCUT2D eigenvalue weighted by molar-refractivity contribution is -0.0189. The van der Waals surface area contributed by atoms with Gasteiger partial charge in [0.2, 0.25) is 5.88 Å². The van der Waals surface area contributed by atoms with Gasteiger partial charge in [-0.3, -0.25) is 0 Å². The van der Waals surface area contributed by atoms with Gasteiger partial charge in [-0.05, 0) is 57.2 Å². The lowest BCUT2D eigenvalue weighted by atomic mass is 9.84. The van der Waals surface area contributed by atoms with Crippen LogP contribution in [0.4, 0.5) is 11.6 Å². The zero-order chi connectivity index (χ0) is 25.0. The number of carbonyl (C=O) groups excluding carboxylic acids is 1. The molecule has 0 bridgehead atoms. The minimum atomic E-state index is -0.762. The highest BCUT2D eigenvalue weighted by Gasteiger charge is 2.40. The zero-order valence-electron chi connectivity index (χ0n) is 20.7. The van der Waals surface area contributed by atoms with E-state index in [2.05, 4.69) is 15.3 Å². The van der Waals surface area contributed by atoms with E-state index in [0.29, 0.717) is 35.4 Å². The van der Waals surface area contributed by atoms with Crippen molar-refractivity contribution in [2.45, 2.75) is 63.7 Å². The molecule has 0 spiro atoms. The number of cyclic esters (lactones) is 1. The Kier molecular flexibility index (Phi) is 5.64. The van der Waals surface area contributed by atoms with E-state index in [1.165, 1.54) is 0 Å². The Bertz CT molecular complexity index is 1300. The zero-order valence-corrected chi connectivity index (χ0v) is 20.7. The van der Waals surface area contributed by atoms with Gasteiger partial charge in [-0.2, -0.15) is 0 Å². The molecular formula is C26H31N5O4. The van der Waals surface area contributed by atoms with Crippen molar-refractivity contribution < 1.29 is 19.0 Å². The highest BCUT2D eigenvalue weighted by Crippen LogP contribution is 2.39. The molecule has 3 N–H and O–H groups in total. The summed E-state index contributed by atoms with van der Waals surface area (Å²) in [6, 6.07) is 5.42. The molecule has 0 saturated heterocycles. The second-order valence-electron chi connectivity index (χ2n) is 10.2. The molecular weight excluding hydrogens is 446 g/mol. The van der Waals surface area contributed by atoms with Crippen molar-refractivity contribution in [1.82, 2.24) is 15.0 Å². The number of hydrogen-bond donors (Lipinski definition) is 2. The third kappa shape index (κ3) is 4.41. The first-order valence-corrected chi connectivity index (χ1v) is 11.8. The fourth-order valence-electron chi connectivity index (χ4n) is 4.34. The van der Waals surface area contributed by atoms with Crippen molar-refractivity contribution in [2.75, 3.05) is 19.0 Å². The number of ether oxygens (including phenoxy) is 3. The van der Waals surface area contributed by atoms with Crippen LogP contribution in [0.2, 0.25) is 0 Å². The normalized spacial score (nSPS) is 20.6. The first-order valence-electron chi connectivity index (χ1n) is 11.8. The quantitative estimate of drug-likeness (QED) is 0.483. The molecule has 1 aliphatic heterocycles. The summed E-state index contributed by atoms with van der Waals surface area (Å²) in [7, 11) is 1.62. The fraction of sp³-hybridized carbons (Fsp3) is 0.462. The number of esters is 1. The van der Waals surface area contributed by atoms with Crippen molar-refractivity contribution in [3.63, 3.8) is 0 Å². The van der Waals surface area contributed by atoms with Gasteiger partial charge in [-0.1, -0.05) is 6.92 Å². The molecule has 0 unspecified atom stereocenters. The lowest BCUT2D eigenvalue weighted by Crippen LogP contribution is -2.39. The summed E-state index contributed by atoms with van der Waals surface area (Å²) in [5, 5.41) is 4.96. The largest absolute Gasteiger partial charge is 0.474 e. The first kappa shape index (κ1) is 23.4. The average molecular weight is 478 g/mol. The highest BCUT2D eigenvalue weighted by molar-refractivity contribution is 5.93. The molecule has 9 nitrogen and oxygen atoms in total. The van der Waals surface area contributed by atoms with Gasteiger partial charge in [0.25, 0.3) is 0 Å². The monoisotopic (exact) mass is 477 g/mol. The van der Waals surface area contributed by atoms with Crippen molar-refractivity contribution in [2.24, 2.45) is 5.73 Å². The summed E-state index contributed by atoms with van der Waals surface area (Å²) in [5.41, 5.74) is 7.24. The van der Waals surface area contributed by atoms with Crippen LogP contribution in [0.15, 0.2) is 30.6 Å². The van der Waals surface area contributed by atoms with Crippen LogP contribution >= 0.6 is 0 Å². The molecule has 3 aromatic rings. The summed E-state index contributed by atoms with van der Waals surface area (Å²) in [6.45, 7) is 8.04. The number of carbonyl (C=O) groups is 1. The molecule has 4 heterocycles. The van der Waals surface area contributed by atoms with Crippen LogP contribution in [0, 0.1) is 0 Å². The van der Waals surface area contributed by atoms with E-state index in [1.807, 2.05) is 33.8 Å². The Morgan fingerprint density at radius 1 is 1.20 bits per heavy atom. The first-order chi connectivity index (χ1) is 16.6. The molecule has 184 valence electrons. The number of nitrogens with two attached hydrogens (primary N) is 1. The van der Waals surface area contributed by atoms with E-state index in [9.17, 15) is 4.79 Å². The maximum atomic E-state index is 12.4. The maximum Gasteiger partial charge on any atom is 0.340 e. The van der Waals surface area contributed by atoms with Crippen LogP contribution in [0.3, 0.4) is 0 Å². The van der Waals surface area contributed by atoms with E-state index < -0.39 is 11.1 Å². The van der Waals surface area contributed by atoms with Gasteiger partial charge in [0, 0.05) is 31.0 Å². The Morgan fingerprint density at radius 2 is 1.97 bits per heavy atom. The molecule has 1 fully saturated rings. The van der Waals surface area contributed by atoms with Gasteiger partial charge in [0.1, 0.15) is 23.3 Å². The van der Waals surface area contributed by atoms with Gasteiger partial charge in [0.15, 0.2) is 0 Å². The van der Waals surface area contributed by atoms with Crippen LogP contribution in [-0.4, -0.2) is 46.3 Å². The number of nitrogens with one attached hydrogen (secondary N) is 1. The molecule has 2 aliphatic rings. The molecule has 5 rings (SSSR count). The third-order valence-corrected chi connectivity index (χ3v) is 6.81.